The van der Waals surface area contributed by atoms with Crippen molar-refractivity contribution in [2.75, 3.05) is 40.5 Å². The van der Waals surface area contributed by atoms with Crippen molar-refractivity contribution in [2.24, 2.45) is 10.9 Å². The maximum atomic E-state index is 6.05. The van der Waals surface area contributed by atoms with Gasteiger partial charge in [0.1, 0.15) is 0 Å². The van der Waals surface area contributed by atoms with E-state index in [2.05, 4.69) is 15.6 Å². The van der Waals surface area contributed by atoms with E-state index in [4.69, 9.17) is 21.1 Å². The minimum Gasteiger partial charge on any atom is -0.381 e. The fraction of sp³-hybridized carbons (Fsp3) is 0.611. The van der Waals surface area contributed by atoms with Crippen LogP contribution in [0.1, 0.15) is 30.9 Å². The number of ether oxygens (including phenoxy) is 2. The van der Waals surface area contributed by atoms with E-state index in [9.17, 15) is 0 Å². The number of rotatable bonds is 10. The Balaban J connectivity index is 0.00000312. The van der Waals surface area contributed by atoms with Crippen molar-refractivity contribution in [1.82, 2.24) is 10.6 Å². The molecule has 0 heterocycles. The van der Waals surface area contributed by atoms with E-state index in [-0.39, 0.29) is 30.1 Å². The van der Waals surface area contributed by atoms with Crippen molar-refractivity contribution in [3.63, 3.8) is 0 Å². The fourth-order valence-electron chi connectivity index (χ4n) is 2.37. The lowest BCUT2D eigenvalue weighted by Crippen LogP contribution is -2.40. The number of guanidine groups is 1. The molecule has 0 radical (unpaired) electrons. The van der Waals surface area contributed by atoms with Gasteiger partial charge in [-0.2, -0.15) is 0 Å². The second-order valence-corrected chi connectivity index (χ2v) is 6.47. The van der Waals surface area contributed by atoms with Gasteiger partial charge in [0.25, 0.3) is 0 Å². The summed E-state index contributed by atoms with van der Waals surface area (Å²) in [5.41, 5.74) is 1.04. The van der Waals surface area contributed by atoms with Gasteiger partial charge in [-0.3, -0.25) is 4.99 Å². The van der Waals surface area contributed by atoms with Gasteiger partial charge in [0.2, 0.25) is 0 Å². The molecule has 1 aromatic rings. The molecule has 0 spiro atoms. The number of halogens is 2. The number of hydrogen-bond acceptors (Lipinski definition) is 3. The first-order valence-corrected chi connectivity index (χ1v) is 8.91. The van der Waals surface area contributed by atoms with Crippen LogP contribution in [0.3, 0.4) is 0 Å². The number of nitrogens with zero attached hydrogens (tertiary/aromatic N) is 1. The molecule has 2 rings (SSSR count). The molecule has 1 atom stereocenters. The number of nitrogens with one attached hydrogen (secondary N) is 2. The molecule has 2 N–H and O–H groups in total. The molecule has 0 aliphatic heterocycles. The lowest BCUT2D eigenvalue weighted by molar-refractivity contribution is 0.106. The van der Waals surface area contributed by atoms with E-state index >= 15 is 0 Å². The molecule has 1 unspecified atom stereocenters. The molecule has 1 saturated carbocycles. The Morgan fingerprint density at radius 1 is 1.36 bits per heavy atom. The van der Waals surface area contributed by atoms with Gasteiger partial charge >= 0.3 is 0 Å². The SMILES string of the molecule is CN=C(NCCCOCC1CC1)NCC(OC)c1cccc(Cl)c1.I. The molecule has 5 nitrogen and oxygen atoms in total. The molecular weight excluding hydrogens is 453 g/mol. The van der Waals surface area contributed by atoms with Crippen LogP contribution in [-0.2, 0) is 9.47 Å². The fourth-order valence-corrected chi connectivity index (χ4v) is 2.57. The average molecular weight is 482 g/mol. The van der Waals surface area contributed by atoms with Gasteiger partial charge in [-0.15, -0.1) is 24.0 Å². The molecule has 25 heavy (non-hydrogen) atoms. The Bertz CT molecular complexity index is 527. The standard InChI is InChI=1S/C18H28ClN3O2.HI/c1-20-18(21-9-4-10-24-13-14-7-8-14)22-12-17(23-2)15-5-3-6-16(19)11-15;/h3,5-6,11,14,17H,4,7-10,12-13H2,1-2H3,(H2,20,21,22);1H. The first-order valence-electron chi connectivity index (χ1n) is 8.53. The zero-order valence-electron chi connectivity index (χ0n) is 15.0. The monoisotopic (exact) mass is 481 g/mol. The molecule has 1 aliphatic carbocycles. The lowest BCUT2D eigenvalue weighted by atomic mass is 10.1. The molecule has 1 aromatic carbocycles. The Hall–Kier alpha value is -0.570. The average Bonchev–Trinajstić information content (AvgIpc) is 3.41. The van der Waals surface area contributed by atoms with Crippen molar-refractivity contribution >= 4 is 41.5 Å². The quantitative estimate of drug-likeness (QED) is 0.232. The summed E-state index contributed by atoms with van der Waals surface area (Å²) >= 11 is 6.05. The van der Waals surface area contributed by atoms with Crippen LogP contribution < -0.4 is 10.6 Å². The van der Waals surface area contributed by atoms with Gasteiger partial charge in [0.05, 0.1) is 6.10 Å². The van der Waals surface area contributed by atoms with Crippen LogP contribution in [0.2, 0.25) is 5.02 Å². The van der Waals surface area contributed by atoms with Gasteiger partial charge in [-0.05, 0) is 42.9 Å². The third-order valence-electron chi connectivity index (χ3n) is 3.99. The zero-order chi connectivity index (χ0) is 17.2. The maximum absolute atomic E-state index is 6.05. The lowest BCUT2D eigenvalue weighted by Gasteiger charge is -2.19. The van der Waals surface area contributed by atoms with E-state index in [0.29, 0.717) is 11.6 Å². The highest BCUT2D eigenvalue weighted by Crippen LogP contribution is 2.28. The Labute approximate surface area is 172 Å². The highest BCUT2D eigenvalue weighted by Gasteiger charge is 2.20. The summed E-state index contributed by atoms with van der Waals surface area (Å²) in [4.78, 5) is 4.23. The predicted octanol–water partition coefficient (Wildman–Crippen LogP) is 3.63. The molecule has 0 bridgehead atoms. The van der Waals surface area contributed by atoms with Crippen LogP contribution in [-0.4, -0.2) is 46.4 Å². The van der Waals surface area contributed by atoms with E-state index in [1.165, 1.54) is 12.8 Å². The largest absolute Gasteiger partial charge is 0.381 e. The highest BCUT2D eigenvalue weighted by molar-refractivity contribution is 14.0. The van der Waals surface area contributed by atoms with Crippen molar-refractivity contribution in [1.29, 1.82) is 0 Å². The second kappa shape index (κ2) is 12.7. The topological polar surface area (TPSA) is 54.9 Å². The molecular formula is C18H29ClIN3O2. The van der Waals surface area contributed by atoms with Crippen LogP contribution in [0, 0.1) is 5.92 Å². The van der Waals surface area contributed by atoms with Crippen molar-refractivity contribution in [3.8, 4) is 0 Å². The summed E-state index contributed by atoms with van der Waals surface area (Å²) in [5, 5.41) is 7.29. The summed E-state index contributed by atoms with van der Waals surface area (Å²) < 4.78 is 11.2. The summed E-state index contributed by atoms with van der Waals surface area (Å²) in [5.74, 6) is 1.59. The molecule has 7 heteroatoms. The van der Waals surface area contributed by atoms with Gasteiger partial charge in [-0.25, -0.2) is 0 Å². The maximum Gasteiger partial charge on any atom is 0.191 e. The molecule has 0 amide bonds. The van der Waals surface area contributed by atoms with Crippen molar-refractivity contribution in [2.45, 2.75) is 25.4 Å². The third-order valence-corrected chi connectivity index (χ3v) is 4.23. The Morgan fingerprint density at radius 2 is 2.16 bits per heavy atom. The minimum atomic E-state index is -0.0795. The highest BCUT2D eigenvalue weighted by atomic mass is 127. The summed E-state index contributed by atoms with van der Waals surface area (Å²) in [7, 11) is 3.46. The van der Waals surface area contributed by atoms with Gasteiger partial charge in [-0.1, -0.05) is 23.7 Å². The summed E-state index contributed by atoms with van der Waals surface area (Å²) in [6, 6.07) is 7.72. The second-order valence-electron chi connectivity index (χ2n) is 6.03. The summed E-state index contributed by atoms with van der Waals surface area (Å²) in [6.45, 7) is 3.17. The Morgan fingerprint density at radius 3 is 2.80 bits per heavy atom. The van der Waals surface area contributed by atoms with Gasteiger partial charge < -0.3 is 20.1 Å². The number of methoxy groups -OCH3 is 1. The number of aliphatic imine (C=N–C) groups is 1. The van der Waals surface area contributed by atoms with Crippen LogP contribution in [0.15, 0.2) is 29.3 Å². The number of hydrogen-bond donors (Lipinski definition) is 2. The zero-order valence-corrected chi connectivity index (χ0v) is 18.1. The molecule has 142 valence electrons. The van der Waals surface area contributed by atoms with E-state index < -0.39 is 0 Å². The minimum absolute atomic E-state index is 0. The van der Waals surface area contributed by atoms with E-state index in [0.717, 1.165) is 43.6 Å². The predicted molar refractivity (Wildman–Crippen MR) is 114 cm³/mol. The van der Waals surface area contributed by atoms with Crippen molar-refractivity contribution in [3.05, 3.63) is 34.9 Å². The van der Waals surface area contributed by atoms with E-state index in [1.807, 2.05) is 24.3 Å². The van der Waals surface area contributed by atoms with Crippen LogP contribution in [0.25, 0.3) is 0 Å². The first kappa shape index (κ1) is 22.5. The molecule has 1 fully saturated rings. The smallest absolute Gasteiger partial charge is 0.191 e. The Kier molecular flexibility index (Phi) is 11.4. The van der Waals surface area contributed by atoms with Crippen LogP contribution >= 0.6 is 35.6 Å². The van der Waals surface area contributed by atoms with Gasteiger partial charge in [0, 0.05) is 45.5 Å². The van der Waals surface area contributed by atoms with Crippen LogP contribution in [0.4, 0.5) is 0 Å². The number of benzene rings is 1. The van der Waals surface area contributed by atoms with Crippen LogP contribution in [0.5, 0.6) is 0 Å². The van der Waals surface area contributed by atoms with E-state index in [1.54, 1.807) is 14.2 Å². The third kappa shape index (κ3) is 9.08. The molecule has 0 saturated heterocycles. The normalized spacial score (nSPS) is 15.4. The molecule has 0 aromatic heterocycles. The van der Waals surface area contributed by atoms with Gasteiger partial charge in [0.15, 0.2) is 5.96 Å². The first-order chi connectivity index (χ1) is 11.7. The molecule has 1 aliphatic rings. The van der Waals surface area contributed by atoms with Crippen molar-refractivity contribution < 1.29 is 9.47 Å². The summed E-state index contributed by atoms with van der Waals surface area (Å²) in [6.07, 6.45) is 3.56.